The van der Waals surface area contributed by atoms with Gasteiger partial charge in [-0.3, -0.25) is 4.57 Å². The monoisotopic (exact) mass is 139 g/mol. The minimum atomic E-state index is -0.0856. The van der Waals surface area contributed by atoms with Crippen LogP contribution in [-0.4, -0.2) is 34.6 Å². The lowest BCUT2D eigenvalue weighted by atomic mass is 10.8. The van der Waals surface area contributed by atoms with Gasteiger partial charge < -0.3 is 4.90 Å². The first-order valence-electron chi connectivity index (χ1n) is 2.91. The van der Waals surface area contributed by atoms with E-state index in [9.17, 15) is 4.79 Å². The SMILES string of the molecule is CN(C)C(=O)n1ccnc1. The van der Waals surface area contributed by atoms with E-state index in [0.29, 0.717) is 0 Å². The van der Waals surface area contributed by atoms with E-state index in [2.05, 4.69) is 4.98 Å². The van der Waals surface area contributed by atoms with Crippen molar-refractivity contribution in [3.63, 3.8) is 0 Å². The molecule has 0 aromatic carbocycles. The van der Waals surface area contributed by atoms with Crippen molar-refractivity contribution in [1.29, 1.82) is 0 Å². The quantitative estimate of drug-likeness (QED) is 0.522. The van der Waals surface area contributed by atoms with Crippen molar-refractivity contribution < 1.29 is 4.79 Å². The number of carbonyl (C=O) groups is 1. The average Bonchev–Trinajstić information content (AvgIpc) is 2.36. The molecule has 10 heavy (non-hydrogen) atoms. The van der Waals surface area contributed by atoms with E-state index >= 15 is 0 Å². The normalized spacial score (nSPS) is 9.40. The number of amides is 1. The van der Waals surface area contributed by atoms with E-state index in [4.69, 9.17) is 0 Å². The summed E-state index contributed by atoms with van der Waals surface area (Å²) < 4.78 is 1.42. The van der Waals surface area contributed by atoms with Crippen LogP contribution in [0.1, 0.15) is 0 Å². The smallest absolute Gasteiger partial charge is 0.328 e. The molecule has 1 heterocycles. The van der Waals surface area contributed by atoms with Crippen LogP contribution in [0.4, 0.5) is 4.79 Å². The zero-order valence-electron chi connectivity index (χ0n) is 5.98. The van der Waals surface area contributed by atoms with E-state index in [1.54, 1.807) is 26.5 Å². The zero-order valence-corrected chi connectivity index (χ0v) is 5.98. The van der Waals surface area contributed by atoms with Gasteiger partial charge in [0.25, 0.3) is 0 Å². The molecular weight excluding hydrogens is 130 g/mol. The Morgan fingerprint density at radius 2 is 2.30 bits per heavy atom. The third-order valence-corrected chi connectivity index (χ3v) is 1.11. The van der Waals surface area contributed by atoms with E-state index in [-0.39, 0.29) is 6.03 Å². The third-order valence-electron chi connectivity index (χ3n) is 1.11. The maximum Gasteiger partial charge on any atom is 0.328 e. The Morgan fingerprint density at radius 1 is 1.60 bits per heavy atom. The standard InChI is InChI=1S/C6H9N3O/c1-8(2)6(10)9-4-3-7-5-9/h3-5H,1-2H3. The second-order valence-electron chi connectivity index (χ2n) is 2.15. The minimum absolute atomic E-state index is 0.0856. The van der Waals surface area contributed by atoms with Crippen LogP contribution in [0.5, 0.6) is 0 Å². The lowest BCUT2D eigenvalue weighted by Crippen LogP contribution is -2.25. The summed E-state index contributed by atoms with van der Waals surface area (Å²) in [6, 6.07) is -0.0856. The summed E-state index contributed by atoms with van der Waals surface area (Å²) in [5.41, 5.74) is 0. The number of rotatable bonds is 0. The van der Waals surface area contributed by atoms with E-state index in [0.717, 1.165) is 0 Å². The molecular formula is C6H9N3O. The van der Waals surface area contributed by atoms with Crippen LogP contribution in [0.2, 0.25) is 0 Å². The van der Waals surface area contributed by atoms with E-state index in [1.807, 2.05) is 0 Å². The Labute approximate surface area is 59.1 Å². The molecule has 0 saturated heterocycles. The summed E-state index contributed by atoms with van der Waals surface area (Å²) in [4.78, 5) is 16.3. The largest absolute Gasteiger partial charge is 0.330 e. The van der Waals surface area contributed by atoms with Crippen LogP contribution in [0.25, 0.3) is 0 Å². The van der Waals surface area contributed by atoms with Crippen LogP contribution >= 0.6 is 0 Å². The van der Waals surface area contributed by atoms with Crippen LogP contribution in [0.3, 0.4) is 0 Å². The molecule has 0 aliphatic carbocycles. The van der Waals surface area contributed by atoms with Gasteiger partial charge in [-0.25, -0.2) is 9.78 Å². The first-order valence-corrected chi connectivity index (χ1v) is 2.91. The first-order chi connectivity index (χ1) is 4.72. The second-order valence-corrected chi connectivity index (χ2v) is 2.15. The van der Waals surface area contributed by atoms with Gasteiger partial charge in [0.05, 0.1) is 0 Å². The molecule has 0 bridgehead atoms. The van der Waals surface area contributed by atoms with Crippen molar-refractivity contribution in [2.45, 2.75) is 0 Å². The maximum absolute atomic E-state index is 11.1. The van der Waals surface area contributed by atoms with E-state index in [1.165, 1.54) is 15.8 Å². The number of imidazole rings is 1. The Kier molecular flexibility index (Phi) is 1.71. The molecule has 1 amide bonds. The lowest BCUT2D eigenvalue weighted by Gasteiger charge is -2.08. The summed E-state index contributed by atoms with van der Waals surface area (Å²) in [6.45, 7) is 0. The molecule has 0 N–H and O–H groups in total. The van der Waals surface area contributed by atoms with Gasteiger partial charge in [-0.05, 0) is 0 Å². The fourth-order valence-corrected chi connectivity index (χ4v) is 0.603. The highest BCUT2D eigenvalue weighted by atomic mass is 16.2. The zero-order chi connectivity index (χ0) is 7.56. The molecule has 1 rings (SSSR count). The lowest BCUT2D eigenvalue weighted by molar-refractivity contribution is 0.219. The Hall–Kier alpha value is -1.32. The molecule has 4 nitrogen and oxygen atoms in total. The molecule has 0 radical (unpaired) electrons. The van der Waals surface area contributed by atoms with Gasteiger partial charge in [-0.2, -0.15) is 0 Å². The van der Waals surface area contributed by atoms with Crippen LogP contribution in [0.15, 0.2) is 18.7 Å². The van der Waals surface area contributed by atoms with Crippen molar-refractivity contribution in [2.24, 2.45) is 0 Å². The maximum atomic E-state index is 11.1. The molecule has 0 spiro atoms. The molecule has 54 valence electrons. The Bertz CT molecular complexity index is 215. The minimum Gasteiger partial charge on any atom is -0.330 e. The van der Waals surface area contributed by atoms with Crippen molar-refractivity contribution in [2.75, 3.05) is 14.1 Å². The van der Waals surface area contributed by atoms with Crippen molar-refractivity contribution in [3.8, 4) is 0 Å². The van der Waals surface area contributed by atoms with Crippen molar-refractivity contribution in [3.05, 3.63) is 18.7 Å². The number of aromatic nitrogens is 2. The Morgan fingerprint density at radius 3 is 2.70 bits per heavy atom. The fourth-order valence-electron chi connectivity index (χ4n) is 0.603. The van der Waals surface area contributed by atoms with Crippen LogP contribution in [-0.2, 0) is 0 Å². The van der Waals surface area contributed by atoms with Gasteiger partial charge in [-0.15, -0.1) is 0 Å². The summed E-state index contributed by atoms with van der Waals surface area (Å²) in [5, 5.41) is 0. The second kappa shape index (κ2) is 2.51. The third kappa shape index (κ3) is 1.15. The van der Waals surface area contributed by atoms with Crippen LogP contribution < -0.4 is 0 Å². The summed E-state index contributed by atoms with van der Waals surface area (Å²) in [5.74, 6) is 0. The first kappa shape index (κ1) is 6.80. The van der Waals surface area contributed by atoms with Gasteiger partial charge in [0.15, 0.2) is 0 Å². The molecule has 0 saturated carbocycles. The number of hydrogen-bond donors (Lipinski definition) is 0. The summed E-state index contributed by atoms with van der Waals surface area (Å²) >= 11 is 0. The van der Waals surface area contributed by atoms with Gasteiger partial charge in [-0.1, -0.05) is 0 Å². The van der Waals surface area contributed by atoms with Crippen molar-refractivity contribution >= 4 is 6.03 Å². The number of hydrogen-bond acceptors (Lipinski definition) is 2. The number of nitrogens with zero attached hydrogens (tertiary/aromatic N) is 3. The highest BCUT2D eigenvalue weighted by Crippen LogP contribution is 1.88. The van der Waals surface area contributed by atoms with Gasteiger partial charge in [0, 0.05) is 26.5 Å². The summed E-state index contributed by atoms with van der Waals surface area (Å²) in [6.07, 6.45) is 4.66. The van der Waals surface area contributed by atoms with Crippen molar-refractivity contribution in [1.82, 2.24) is 14.5 Å². The fraction of sp³-hybridized carbons (Fsp3) is 0.333. The molecule has 0 aliphatic heterocycles. The molecule has 1 aromatic heterocycles. The molecule has 0 atom stereocenters. The van der Waals surface area contributed by atoms with Gasteiger partial charge in [0.1, 0.15) is 6.33 Å². The number of carbonyl (C=O) groups excluding carboxylic acids is 1. The predicted octanol–water partition coefficient (Wildman–Crippen LogP) is 0.413. The highest BCUT2D eigenvalue weighted by molar-refractivity contribution is 5.75. The Balaban J connectivity index is 2.78. The molecule has 1 aromatic rings. The molecule has 0 unspecified atom stereocenters. The topological polar surface area (TPSA) is 38.1 Å². The van der Waals surface area contributed by atoms with Gasteiger partial charge in [0.2, 0.25) is 0 Å². The predicted molar refractivity (Wildman–Crippen MR) is 36.7 cm³/mol. The van der Waals surface area contributed by atoms with Gasteiger partial charge >= 0.3 is 6.03 Å². The molecule has 0 aliphatic rings. The molecule has 0 fully saturated rings. The van der Waals surface area contributed by atoms with E-state index < -0.39 is 0 Å². The molecule has 4 heteroatoms. The average molecular weight is 139 g/mol. The highest BCUT2D eigenvalue weighted by Gasteiger charge is 2.03. The summed E-state index contributed by atoms with van der Waals surface area (Å²) in [7, 11) is 3.39. The van der Waals surface area contributed by atoms with Crippen LogP contribution in [0, 0.1) is 0 Å².